The van der Waals surface area contributed by atoms with Gasteiger partial charge >= 0.3 is 17.9 Å². The van der Waals surface area contributed by atoms with Gasteiger partial charge in [-0.1, -0.05) is 25.6 Å². The van der Waals surface area contributed by atoms with Crippen LogP contribution >= 0.6 is 11.8 Å². The number of hydrogen-bond acceptors (Lipinski definition) is 11. The lowest BCUT2D eigenvalue weighted by Gasteiger charge is -2.32. The summed E-state index contributed by atoms with van der Waals surface area (Å²) in [5, 5.41) is 4.74. The number of nitrogens with zero attached hydrogens (tertiary/aromatic N) is 1. The maximum Gasteiger partial charge on any atom is 0.417 e. The fraction of sp³-hybridized carbons (Fsp3) is 0.708. The van der Waals surface area contributed by atoms with Gasteiger partial charge in [-0.2, -0.15) is 0 Å². The van der Waals surface area contributed by atoms with Gasteiger partial charge in [0.05, 0.1) is 34.0 Å². The van der Waals surface area contributed by atoms with Gasteiger partial charge in [0.15, 0.2) is 11.2 Å². The molecule has 0 aromatic heterocycles. The lowest BCUT2D eigenvalue weighted by Crippen LogP contribution is -2.49. The van der Waals surface area contributed by atoms with E-state index in [4.69, 9.17) is 14.2 Å². The molecule has 0 saturated carbocycles. The van der Waals surface area contributed by atoms with Crippen molar-refractivity contribution in [2.45, 2.75) is 45.6 Å². The standard InChI is InChI=1S/C24H37N3O10S/c1-24(2,15-36-23(34)22(33)35-12-11-27(3,4)5)20-21(32)26-9-8-17(29)25-10-13-38-19(31)14-16(28)6-7-18(30)37-20/h20H,6-15H2,1-5H3,(H-,25,26,29,32)/p+1/t20-/m0/s1. The first-order valence-electron chi connectivity index (χ1n) is 12.2. The molecule has 1 saturated heterocycles. The van der Waals surface area contributed by atoms with Crippen LogP contribution in [0.15, 0.2) is 0 Å². The summed E-state index contributed by atoms with van der Waals surface area (Å²) in [7, 11) is 5.66. The first-order chi connectivity index (χ1) is 17.6. The second-order valence-electron chi connectivity index (χ2n) is 10.4. The van der Waals surface area contributed by atoms with Crippen molar-refractivity contribution in [3.63, 3.8) is 0 Å². The van der Waals surface area contributed by atoms with Crippen LogP contribution in [0.2, 0.25) is 0 Å². The number of Topliss-reactive ketones (excluding diaryl/α,β-unsaturated/α-hetero) is 1. The van der Waals surface area contributed by atoms with Gasteiger partial charge in [0, 0.05) is 37.1 Å². The van der Waals surface area contributed by atoms with Gasteiger partial charge in [0.2, 0.25) is 5.91 Å². The summed E-state index contributed by atoms with van der Waals surface area (Å²) >= 11 is 0.906. The van der Waals surface area contributed by atoms with E-state index in [9.17, 15) is 33.6 Å². The van der Waals surface area contributed by atoms with E-state index in [1.54, 1.807) is 0 Å². The number of likely N-dealkylation sites (N-methyl/N-ethyl adjacent to an activating group) is 1. The number of hydrogen-bond donors (Lipinski definition) is 2. The lowest BCUT2D eigenvalue weighted by atomic mass is 9.86. The predicted molar refractivity (Wildman–Crippen MR) is 135 cm³/mol. The smallest absolute Gasteiger partial charge is 0.417 e. The Balaban J connectivity index is 2.89. The lowest BCUT2D eigenvalue weighted by molar-refractivity contribution is -0.870. The zero-order chi connectivity index (χ0) is 28.9. The number of esters is 3. The Labute approximate surface area is 226 Å². The maximum absolute atomic E-state index is 12.9. The minimum atomic E-state index is -1.48. The van der Waals surface area contributed by atoms with Crippen molar-refractivity contribution in [1.29, 1.82) is 0 Å². The van der Waals surface area contributed by atoms with Gasteiger partial charge in [0.1, 0.15) is 25.5 Å². The molecular weight excluding hydrogens is 522 g/mol. The average molecular weight is 561 g/mol. The number of carbonyl (C=O) groups is 7. The van der Waals surface area contributed by atoms with Crippen LogP contribution in [-0.2, 0) is 47.8 Å². The Morgan fingerprint density at radius 3 is 2.29 bits per heavy atom. The molecule has 1 rings (SSSR count). The molecule has 14 heteroatoms. The Morgan fingerprint density at radius 1 is 0.974 bits per heavy atom. The van der Waals surface area contributed by atoms with E-state index < -0.39 is 47.7 Å². The van der Waals surface area contributed by atoms with Crippen molar-refractivity contribution in [1.82, 2.24) is 10.6 Å². The van der Waals surface area contributed by atoms with E-state index in [1.807, 2.05) is 21.1 Å². The molecule has 0 radical (unpaired) electrons. The minimum absolute atomic E-state index is 0.0000518. The van der Waals surface area contributed by atoms with Crippen molar-refractivity contribution in [3.05, 3.63) is 0 Å². The topological polar surface area (TPSA) is 171 Å². The average Bonchev–Trinajstić information content (AvgIpc) is 2.80. The Hall–Kier alpha value is -3.00. The summed E-state index contributed by atoms with van der Waals surface area (Å²) in [6, 6.07) is 0. The van der Waals surface area contributed by atoms with E-state index in [-0.39, 0.29) is 62.2 Å². The van der Waals surface area contributed by atoms with E-state index in [1.165, 1.54) is 13.8 Å². The second-order valence-corrected chi connectivity index (χ2v) is 11.6. The number of ketones is 1. The molecule has 2 N–H and O–H groups in total. The quantitative estimate of drug-likeness (QED) is 0.139. The van der Waals surface area contributed by atoms with Crippen molar-refractivity contribution in [2.24, 2.45) is 5.41 Å². The van der Waals surface area contributed by atoms with Crippen LogP contribution in [0.3, 0.4) is 0 Å². The van der Waals surface area contributed by atoms with Gasteiger partial charge in [-0.25, -0.2) is 9.59 Å². The Morgan fingerprint density at radius 2 is 1.63 bits per heavy atom. The van der Waals surface area contributed by atoms with Crippen LogP contribution in [0.1, 0.15) is 39.5 Å². The summed E-state index contributed by atoms with van der Waals surface area (Å²) in [6.07, 6.45) is -2.55. The van der Waals surface area contributed by atoms with Crippen LogP contribution in [-0.4, -0.2) is 111 Å². The molecule has 1 atom stereocenters. The highest BCUT2D eigenvalue weighted by atomic mass is 32.2. The Kier molecular flexibility index (Phi) is 13.4. The molecule has 0 aromatic carbocycles. The summed E-state index contributed by atoms with van der Waals surface area (Å²) in [5.74, 6) is -4.64. The highest BCUT2D eigenvalue weighted by Crippen LogP contribution is 2.25. The zero-order valence-corrected chi connectivity index (χ0v) is 23.4. The van der Waals surface area contributed by atoms with E-state index in [0.717, 1.165) is 11.8 Å². The maximum atomic E-state index is 12.9. The highest BCUT2D eigenvalue weighted by molar-refractivity contribution is 8.13. The van der Waals surface area contributed by atoms with E-state index in [2.05, 4.69) is 10.6 Å². The SMILES string of the molecule is CC(C)(COC(=O)C(=O)OCC[N+](C)(C)C)[C@H]1OC(=O)CCC(=O)CC(=O)SCCNC(=O)CCNC1=O. The van der Waals surface area contributed by atoms with Crippen LogP contribution in [0.4, 0.5) is 0 Å². The van der Waals surface area contributed by atoms with Crippen molar-refractivity contribution in [3.8, 4) is 0 Å². The van der Waals surface area contributed by atoms with Gasteiger partial charge in [-0.15, -0.1) is 0 Å². The molecule has 214 valence electrons. The zero-order valence-electron chi connectivity index (χ0n) is 22.6. The number of ether oxygens (including phenoxy) is 3. The van der Waals surface area contributed by atoms with Crippen LogP contribution in [0.5, 0.6) is 0 Å². The van der Waals surface area contributed by atoms with Gasteiger partial charge in [-0.3, -0.25) is 24.0 Å². The van der Waals surface area contributed by atoms with Gasteiger partial charge in [0.25, 0.3) is 5.91 Å². The number of cyclic esters (lactones) is 1. The largest absolute Gasteiger partial charge is 0.457 e. The molecule has 1 aliphatic rings. The van der Waals surface area contributed by atoms with Crippen LogP contribution in [0, 0.1) is 5.41 Å². The molecule has 1 heterocycles. The first kappa shape index (κ1) is 33.0. The van der Waals surface area contributed by atoms with Crippen molar-refractivity contribution < 1.29 is 52.3 Å². The number of amides is 2. The second kappa shape index (κ2) is 15.4. The number of carbonyl (C=O) groups excluding carboxylic acids is 7. The van der Waals surface area contributed by atoms with Crippen LogP contribution < -0.4 is 10.6 Å². The normalized spacial score (nSPS) is 19.5. The predicted octanol–water partition coefficient (Wildman–Crippen LogP) is -0.648. The van der Waals surface area contributed by atoms with Crippen LogP contribution in [0.25, 0.3) is 0 Å². The van der Waals surface area contributed by atoms with E-state index >= 15 is 0 Å². The van der Waals surface area contributed by atoms with E-state index in [0.29, 0.717) is 11.0 Å². The van der Waals surface area contributed by atoms with Crippen molar-refractivity contribution >= 4 is 52.4 Å². The fourth-order valence-electron chi connectivity index (χ4n) is 2.99. The van der Waals surface area contributed by atoms with Gasteiger partial charge < -0.3 is 29.3 Å². The third kappa shape index (κ3) is 13.5. The summed E-state index contributed by atoms with van der Waals surface area (Å²) < 4.78 is 15.8. The molecule has 0 unspecified atom stereocenters. The molecule has 0 aromatic rings. The summed E-state index contributed by atoms with van der Waals surface area (Å²) in [6.45, 7) is 3.09. The molecule has 38 heavy (non-hydrogen) atoms. The molecule has 0 bridgehead atoms. The third-order valence-electron chi connectivity index (χ3n) is 5.22. The number of rotatable bonds is 6. The number of nitrogens with one attached hydrogen (secondary N) is 2. The highest BCUT2D eigenvalue weighted by Gasteiger charge is 2.40. The molecular formula is C24H38N3O10S+. The monoisotopic (exact) mass is 560 g/mol. The van der Waals surface area contributed by atoms with Crippen molar-refractivity contribution in [2.75, 3.05) is 59.7 Å². The Bertz CT molecular complexity index is 914. The molecule has 1 fully saturated rings. The molecule has 1 aliphatic heterocycles. The molecule has 0 aliphatic carbocycles. The molecule has 0 spiro atoms. The third-order valence-corrected chi connectivity index (χ3v) is 6.10. The molecule has 13 nitrogen and oxygen atoms in total. The number of quaternary nitrogens is 1. The minimum Gasteiger partial charge on any atom is -0.457 e. The summed E-state index contributed by atoms with van der Waals surface area (Å²) in [4.78, 5) is 85.4. The number of thioether (sulfide) groups is 1. The van der Waals surface area contributed by atoms with Gasteiger partial charge in [-0.05, 0) is 0 Å². The first-order valence-corrected chi connectivity index (χ1v) is 13.1. The molecule has 2 amide bonds. The summed E-state index contributed by atoms with van der Waals surface area (Å²) in [5.41, 5.74) is -1.31. The fourth-order valence-corrected chi connectivity index (χ4v) is 3.69.